The number of hydrogen-bond acceptors (Lipinski definition) is 2. The summed E-state index contributed by atoms with van der Waals surface area (Å²) in [5.74, 6) is -0.430. The molecule has 0 spiro atoms. The minimum absolute atomic E-state index is 0.105. The second-order valence-corrected chi connectivity index (χ2v) is 4.86. The third-order valence-corrected chi connectivity index (χ3v) is 3.22. The van der Waals surface area contributed by atoms with Crippen molar-refractivity contribution >= 4 is 17.7 Å². The summed E-state index contributed by atoms with van der Waals surface area (Å²) in [6, 6.07) is 12.4. The highest BCUT2D eigenvalue weighted by Gasteiger charge is 2.03. The standard InChI is InChI=1S/C16H14ClFNO2/c17-14-10-13(7-8-15(14)18)12-5-3-11(4-6-12)2-1-9-21-16(19)20/h1,3-8,10H,2,9H2,(H2,19,20). The fourth-order valence-corrected chi connectivity index (χ4v) is 2.06. The van der Waals surface area contributed by atoms with Gasteiger partial charge in [0, 0.05) is 6.42 Å². The van der Waals surface area contributed by atoms with E-state index in [0.717, 1.165) is 16.7 Å². The molecular formula is C16H14ClFNO2. The molecule has 0 aromatic heterocycles. The Kier molecular flexibility index (Phi) is 5.17. The highest BCUT2D eigenvalue weighted by atomic mass is 35.5. The summed E-state index contributed by atoms with van der Waals surface area (Å²) in [6.45, 7) is 0.185. The maximum Gasteiger partial charge on any atom is 0.404 e. The zero-order valence-corrected chi connectivity index (χ0v) is 11.9. The van der Waals surface area contributed by atoms with Gasteiger partial charge in [-0.25, -0.2) is 9.18 Å². The number of ether oxygens (including phenoxy) is 1. The Bertz CT molecular complexity index is 629. The fraction of sp³-hybridized carbons (Fsp3) is 0.125. The van der Waals surface area contributed by atoms with Gasteiger partial charge in [0.05, 0.1) is 11.6 Å². The summed E-state index contributed by atoms with van der Waals surface area (Å²) < 4.78 is 17.7. The Labute approximate surface area is 127 Å². The Balaban J connectivity index is 1.98. The molecule has 3 nitrogen and oxygen atoms in total. The molecule has 5 heteroatoms. The molecule has 0 heterocycles. The third-order valence-electron chi connectivity index (χ3n) is 2.93. The van der Waals surface area contributed by atoms with Gasteiger partial charge in [-0.1, -0.05) is 41.9 Å². The van der Waals surface area contributed by atoms with E-state index in [4.69, 9.17) is 17.3 Å². The topological polar surface area (TPSA) is 52.3 Å². The first-order chi connectivity index (χ1) is 10.1. The lowest BCUT2D eigenvalue weighted by Crippen LogP contribution is -2.14. The number of carbonyl (C=O) groups is 1. The van der Waals surface area contributed by atoms with Crippen molar-refractivity contribution < 1.29 is 13.9 Å². The molecule has 2 aromatic carbocycles. The molecule has 21 heavy (non-hydrogen) atoms. The quantitative estimate of drug-likeness (QED) is 0.849. The first kappa shape index (κ1) is 15.3. The molecular weight excluding hydrogens is 293 g/mol. The van der Waals surface area contributed by atoms with Crippen LogP contribution in [0.2, 0.25) is 5.02 Å². The van der Waals surface area contributed by atoms with Crippen molar-refractivity contribution in [2.75, 3.05) is 6.61 Å². The molecule has 0 bridgehead atoms. The lowest BCUT2D eigenvalue weighted by molar-refractivity contribution is 0.165. The third kappa shape index (κ3) is 4.46. The fourth-order valence-electron chi connectivity index (χ4n) is 1.88. The van der Waals surface area contributed by atoms with E-state index in [1.54, 1.807) is 12.1 Å². The number of hydrogen-bond donors (Lipinski definition) is 1. The summed E-state index contributed by atoms with van der Waals surface area (Å²) in [4.78, 5) is 10.4. The predicted molar refractivity (Wildman–Crippen MR) is 80.4 cm³/mol. The van der Waals surface area contributed by atoms with Crippen LogP contribution in [0.5, 0.6) is 0 Å². The molecule has 1 radical (unpaired) electrons. The minimum atomic E-state index is -0.783. The molecule has 109 valence electrons. The molecule has 0 unspecified atom stereocenters. The smallest absolute Gasteiger partial charge is 0.404 e. The Hall–Kier alpha value is -2.07. The van der Waals surface area contributed by atoms with Gasteiger partial charge in [0.25, 0.3) is 0 Å². The van der Waals surface area contributed by atoms with Crippen LogP contribution in [0.3, 0.4) is 0 Å². The molecule has 2 N–H and O–H groups in total. The van der Waals surface area contributed by atoms with Crippen LogP contribution in [0.1, 0.15) is 5.56 Å². The second-order valence-electron chi connectivity index (χ2n) is 4.45. The first-order valence-corrected chi connectivity index (χ1v) is 6.72. The summed E-state index contributed by atoms with van der Waals surface area (Å²) >= 11 is 5.77. The maximum atomic E-state index is 13.1. The van der Waals surface area contributed by atoms with E-state index >= 15 is 0 Å². The lowest BCUT2D eigenvalue weighted by Gasteiger charge is -2.06. The Morgan fingerprint density at radius 3 is 2.48 bits per heavy atom. The van der Waals surface area contributed by atoms with Crippen molar-refractivity contribution in [1.82, 2.24) is 0 Å². The van der Waals surface area contributed by atoms with E-state index in [1.807, 2.05) is 30.7 Å². The Morgan fingerprint density at radius 1 is 1.19 bits per heavy atom. The molecule has 1 amide bonds. The van der Waals surface area contributed by atoms with Crippen molar-refractivity contribution in [3.8, 4) is 11.1 Å². The van der Waals surface area contributed by atoms with Crippen LogP contribution < -0.4 is 5.73 Å². The van der Waals surface area contributed by atoms with Crippen LogP contribution in [-0.4, -0.2) is 12.7 Å². The van der Waals surface area contributed by atoms with E-state index in [2.05, 4.69) is 4.74 Å². The van der Waals surface area contributed by atoms with E-state index in [9.17, 15) is 9.18 Å². The molecule has 2 rings (SSSR count). The number of carbonyl (C=O) groups excluding carboxylic acids is 1. The second kappa shape index (κ2) is 7.09. The van der Waals surface area contributed by atoms with E-state index < -0.39 is 11.9 Å². The normalized spacial score (nSPS) is 10.4. The van der Waals surface area contributed by atoms with E-state index in [0.29, 0.717) is 6.42 Å². The van der Waals surface area contributed by atoms with Gasteiger partial charge in [-0.2, -0.15) is 0 Å². The van der Waals surface area contributed by atoms with Gasteiger partial charge in [-0.15, -0.1) is 0 Å². The molecule has 0 aliphatic rings. The summed E-state index contributed by atoms with van der Waals surface area (Å²) in [5, 5.41) is 0.105. The average Bonchev–Trinajstić information content (AvgIpc) is 2.47. The molecule has 0 aliphatic carbocycles. The van der Waals surface area contributed by atoms with E-state index in [1.165, 1.54) is 6.07 Å². The minimum Gasteiger partial charge on any atom is -0.449 e. The van der Waals surface area contributed by atoms with Crippen molar-refractivity contribution in [2.45, 2.75) is 6.42 Å². The van der Waals surface area contributed by atoms with E-state index in [-0.39, 0.29) is 11.6 Å². The summed E-state index contributed by atoms with van der Waals surface area (Å²) in [5.41, 5.74) is 7.74. The lowest BCUT2D eigenvalue weighted by atomic mass is 10.0. The number of halogens is 2. The highest BCUT2D eigenvalue weighted by molar-refractivity contribution is 6.31. The van der Waals surface area contributed by atoms with Crippen molar-refractivity contribution in [3.05, 3.63) is 65.3 Å². The molecule has 0 aliphatic heterocycles. The van der Waals surface area contributed by atoms with Crippen LogP contribution in [0, 0.1) is 12.2 Å². The molecule has 0 fully saturated rings. The number of primary amides is 1. The highest BCUT2D eigenvalue weighted by Crippen LogP contribution is 2.25. The van der Waals surface area contributed by atoms with Crippen LogP contribution in [0.4, 0.5) is 9.18 Å². The van der Waals surface area contributed by atoms with Gasteiger partial charge in [0.2, 0.25) is 0 Å². The van der Waals surface area contributed by atoms with Crippen LogP contribution in [-0.2, 0) is 11.2 Å². The Morgan fingerprint density at radius 2 is 1.86 bits per heavy atom. The zero-order valence-electron chi connectivity index (χ0n) is 11.2. The molecule has 0 saturated carbocycles. The molecule has 0 saturated heterocycles. The monoisotopic (exact) mass is 306 g/mol. The van der Waals surface area contributed by atoms with Gasteiger partial charge in [0.15, 0.2) is 0 Å². The zero-order chi connectivity index (χ0) is 15.2. The first-order valence-electron chi connectivity index (χ1n) is 6.34. The SMILES string of the molecule is NC(=O)OC[CH]Cc1ccc(-c2ccc(F)c(Cl)c2)cc1. The number of amides is 1. The average molecular weight is 307 g/mol. The number of nitrogens with two attached hydrogens (primary N) is 1. The van der Waals surface area contributed by atoms with Crippen LogP contribution >= 0.6 is 11.6 Å². The van der Waals surface area contributed by atoms with Crippen molar-refractivity contribution in [3.63, 3.8) is 0 Å². The largest absolute Gasteiger partial charge is 0.449 e. The number of benzene rings is 2. The summed E-state index contributed by atoms with van der Waals surface area (Å²) in [6.07, 6.45) is 1.70. The van der Waals surface area contributed by atoms with Crippen LogP contribution in [0.25, 0.3) is 11.1 Å². The van der Waals surface area contributed by atoms with Gasteiger partial charge < -0.3 is 10.5 Å². The van der Waals surface area contributed by atoms with Gasteiger partial charge in [-0.3, -0.25) is 0 Å². The van der Waals surface area contributed by atoms with Crippen molar-refractivity contribution in [2.24, 2.45) is 5.73 Å². The maximum absolute atomic E-state index is 13.1. The molecule has 0 atom stereocenters. The molecule has 2 aromatic rings. The van der Waals surface area contributed by atoms with Crippen molar-refractivity contribution in [1.29, 1.82) is 0 Å². The van der Waals surface area contributed by atoms with Gasteiger partial charge in [-0.05, 0) is 35.2 Å². The predicted octanol–water partition coefficient (Wildman–Crippen LogP) is 3.99. The van der Waals surface area contributed by atoms with Gasteiger partial charge in [0.1, 0.15) is 5.82 Å². The van der Waals surface area contributed by atoms with Crippen LogP contribution in [0.15, 0.2) is 42.5 Å². The summed E-state index contributed by atoms with van der Waals surface area (Å²) in [7, 11) is 0. The number of rotatable bonds is 5. The van der Waals surface area contributed by atoms with Gasteiger partial charge >= 0.3 is 6.09 Å².